The van der Waals surface area contributed by atoms with E-state index in [1.54, 1.807) is 0 Å². The van der Waals surface area contributed by atoms with E-state index in [4.69, 9.17) is 4.74 Å². The Bertz CT molecular complexity index is 542. The Morgan fingerprint density at radius 1 is 1.30 bits per heavy atom. The van der Waals surface area contributed by atoms with Crippen molar-refractivity contribution in [2.24, 2.45) is 0 Å². The van der Waals surface area contributed by atoms with Gasteiger partial charge in [-0.15, -0.1) is 5.54 Å². The molecule has 0 bridgehead atoms. The molecule has 0 aliphatic heterocycles. The summed E-state index contributed by atoms with van der Waals surface area (Å²) in [5, 5.41) is 0. The Kier molecular flexibility index (Phi) is 5.19. The zero-order chi connectivity index (χ0) is 15.4. The van der Waals surface area contributed by atoms with Gasteiger partial charge in [-0.2, -0.15) is 0 Å². The summed E-state index contributed by atoms with van der Waals surface area (Å²) in [5.74, 6) is 3.03. The molecule has 1 aromatic rings. The van der Waals surface area contributed by atoms with Gasteiger partial charge in [0.15, 0.2) is 0 Å². The first-order valence-electron chi connectivity index (χ1n) is 6.98. The number of hydrogen-bond acceptors (Lipinski definition) is 2. The van der Waals surface area contributed by atoms with E-state index in [-0.39, 0.29) is 5.97 Å². The third-order valence-electron chi connectivity index (χ3n) is 2.95. The lowest BCUT2D eigenvalue weighted by Gasteiger charge is -2.23. The van der Waals surface area contributed by atoms with Crippen molar-refractivity contribution < 1.29 is 9.53 Å². The maximum atomic E-state index is 12.0. The lowest BCUT2D eigenvalue weighted by molar-refractivity contribution is -0.148. The van der Waals surface area contributed by atoms with E-state index in [1.165, 1.54) is 0 Å². The van der Waals surface area contributed by atoms with E-state index < -0.39 is 13.5 Å². The Morgan fingerprint density at radius 2 is 1.95 bits per heavy atom. The third-order valence-corrected chi connectivity index (χ3v) is 3.83. The molecular weight excluding hydrogens is 264 g/mol. The topological polar surface area (TPSA) is 26.3 Å². The zero-order valence-electron chi connectivity index (χ0n) is 13.3. The summed E-state index contributed by atoms with van der Waals surface area (Å²) in [5.41, 5.74) is 4.60. The van der Waals surface area contributed by atoms with Crippen LogP contribution in [-0.2, 0) is 14.9 Å². The fourth-order valence-electron chi connectivity index (χ4n) is 1.67. The highest BCUT2D eigenvalue weighted by Crippen LogP contribution is 2.25. The van der Waals surface area contributed by atoms with Gasteiger partial charge in [0.1, 0.15) is 8.07 Å². The molecule has 0 radical (unpaired) electrons. The summed E-state index contributed by atoms with van der Waals surface area (Å²) in [6.07, 6.45) is 0. The second-order valence-corrected chi connectivity index (χ2v) is 11.2. The molecule has 20 heavy (non-hydrogen) atoms. The minimum atomic E-state index is -1.39. The smallest absolute Gasteiger partial charge is 0.315 e. The molecule has 1 aromatic carbocycles. The summed E-state index contributed by atoms with van der Waals surface area (Å²) in [7, 11) is -1.39. The molecule has 0 atom stereocenters. The van der Waals surface area contributed by atoms with Crippen LogP contribution in [0.25, 0.3) is 0 Å². The van der Waals surface area contributed by atoms with Gasteiger partial charge in [0.05, 0.1) is 12.0 Å². The quantitative estimate of drug-likeness (QED) is 0.481. The Hall–Kier alpha value is -1.53. The van der Waals surface area contributed by atoms with Crippen LogP contribution in [0.1, 0.15) is 31.9 Å². The number of carbonyl (C=O) groups excluding carboxylic acids is 1. The minimum Gasteiger partial charge on any atom is -0.465 e. The monoisotopic (exact) mass is 288 g/mol. The first kappa shape index (κ1) is 16.5. The van der Waals surface area contributed by atoms with Crippen molar-refractivity contribution in [2.45, 2.75) is 45.8 Å². The molecule has 0 saturated carbocycles. The number of benzene rings is 1. The number of carbonyl (C=O) groups is 1. The van der Waals surface area contributed by atoms with Gasteiger partial charge in [0, 0.05) is 5.56 Å². The molecule has 0 aliphatic rings. The van der Waals surface area contributed by atoms with E-state index in [9.17, 15) is 4.79 Å². The van der Waals surface area contributed by atoms with E-state index >= 15 is 0 Å². The molecule has 0 heterocycles. The molecule has 1 rings (SSSR count). The first-order valence-corrected chi connectivity index (χ1v) is 10.5. The van der Waals surface area contributed by atoms with Crippen LogP contribution >= 0.6 is 0 Å². The van der Waals surface area contributed by atoms with Crippen molar-refractivity contribution in [3.63, 3.8) is 0 Å². The Labute approximate surface area is 123 Å². The maximum absolute atomic E-state index is 12.0. The van der Waals surface area contributed by atoms with Gasteiger partial charge in [0.2, 0.25) is 0 Å². The summed E-state index contributed by atoms with van der Waals surface area (Å²) >= 11 is 0. The van der Waals surface area contributed by atoms with Crippen LogP contribution in [0.5, 0.6) is 0 Å². The Morgan fingerprint density at radius 3 is 2.50 bits per heavy atom. The second kappa shape index (κ2) is 6.28. The first-order chi connectivity index (χ1) is 9.16. The normalized spacial score (nSPS) is 11.5. The van der Waals surface area contributed by atoms with Crippen LogP contribution in [-0.4, -0.2) is 20.7 Å². The van der Waals surface area contributed by atoms with Gasteiger partial charge in [-0.1, -0.05) is 37.7 Å². The SMILES string of the molecule is CCOC(=O)C(C)(C)c1cccc(C#C[Si](C)(C)C)c1. The molecule has 0 aliphatic carbocycles. The van der Waals surface area contributed by atoms with Gasteiger partial charge >= 0.3 is 5.97 Å². The standard InChI is InChI=1S/C17H24O2Si/c1-7-19-16(18)17(2,3)15-10-8-9-14(13-15)11-12-20(4,5)6/h8-10,13H,7H2,1-6H3. The number of esters is 1. The lowest BCUT2D eigenvalue weighted by atomic mass is 9.84. The fourth-order valence-corrected chi connectivity index (χ4v) is 2.19. The maximum Gasteiger partial charge on any atom is 0.315 e. The van der Waals surface area contributed by atoms with Gasteiger partial charge in [0.25, 0.3) is 0 Å². The second-order valence-electron chi connectivity index (χ2n) is 6.43. The fraction of sp³-hybridized carbons (Fsp3) is 0.471. The lowest BCUT2D eigenvalue weighted by Crippen LogP contribution is -2.31. The van der Waals surface area contributed by atoms with Crippen molar-refractivity contribution in [3.8, 4) is 11.5 Å². The van der Waals surface area contributed by atoms with Gasteiger partial charge in [-0.25, -0.2) is 0 Å². The van der Waals surface area contributed by atoms with Crippen molar-refractivity contribution in [1.82, 2.24) is 0 Å². The molecule has 0 aromatic heterocycles. The van der Waals surface area contributed by atoms with Crippen LogP contribution in [0.15, 0.2) is 24.3 Å². The molecule has 3 heteroatoms. The number of ether oxygens (including phenoxy) is 1. The average molecular weight is 288 g/mol. The molecule has 0 N–H and O–H groups in total. The van der Waals surface area contributed by atoms with Crippen LogP contribution in [0.4, 0.5) is 0 Å². The molecule has 0 amide bonds. The van der Waals surface area contributed by atoms with E-state index in [0.29, 0.717) is 6.61 Å². The van der Waals surface area contributed by atoms with Gasteiger partial charge < -0.3 is 4.74 Å². The van der Waals surface area contributed by atoms with Crippen LogP contribution < -0.4 is 0 Å². The average Bonchev–Trinajstić information content (AvgIpc) is 2.36. The van der Waals surface area contributed by atoms with Crippen LogP contribution in [0.3, 0.4) is 0 Å². The third kappa shape index (κ3) is 4.54. The summed E-state index contributed by atoms with van der Waals surface area (Å²) < 4.78 is 5.15. The van der Waals surface area contributed by atoms with Crippen LogP contribution in [0.2, 0.25) is 19.6 Å². The van der Waals surface area contributed by atoms with Crippen molar-refractivity contribution in [2.75, 3.05) is 6.61 Å². The molecule has 0 spiro atoms. The highest BCUT2D eigenvalue weighted by atomic mass is 28.3. The molecular formula is C17H24O2Si. The highest BCUT2D eigenvalue weighted by molar-refractivity contribution is 6.83. The minimum absolute atomic E-state index is 0.199. The van der Waals surface area contributed by atoms with E-state index in [2.05, 4.69) is 31.1 Å². The molecule has 0 unspecified atom stereocenters. The van der Waals surface area contributed by atoms with Gasteiger partial charge in [-0.05, 0) is 38.5 Å². The molecule has 2 nitrogen and oxygen atoms in total. The van der Waals surface area contributed by atoms with Crippen molar-refractivity contribution in [1.29, 1.82) is 0 Å². The highest BCUT2D eigenvalue weighted by Gasteiger charge is 2.31. The van der Waals surface area contributed by atoms with Crippen molar-refractivity contribution in [3.05, 3.63) is 35.4 Å². The molecule has 0 fully saturated rings. The summed E-state index contributed by atoms with van der Waals surface area (Å²) in [6, 6.07) is 7.88. The van der Waals surface area contributed by atoms with Gasteiger partial charge in [-0.3, -0.25) is 4.79 Å². The van der Waals surface area contributed by atoms with E-state index in [1.807, 2.05) is 45.0 Å². The van der Waals surface area contributed by atoms with Crippen molar-refractivity contribution >= 4 is 14.0 Å². The molecule has 0 saturated heterocycles. The van der Waals surface area contributed by atoms with Crippen LogP contribution in [0, 0.1) is 11.5 Å². The zero-order valence-corrected chi connectivity index (χ0v) is 14.3. The number of hydrogen-bond donors (Lipinski definition) is 0. The predicted octanol–water partition coefficient (Wildman–Crippen LogP) is 3.76. The number of rotatable bonds is 3. The largest absolute Gasteiger partial charge is 0.465 e. The predicted molar refractivity (Wildman–Crippen MR) is 86.3 cm³/mol. The summed E-state index contributed by atoms with van der Waals surface area (Å²) in [4.78, 5) is 12.0. The molecule has 108 valence electrons. The Balaban J connectivity index is 3.09. The summed E-state index contributed by atoms with van der Waals surface area (Å²) in [6.45, 7) is 12.6. The van der Waals surface area contributed by atoms with E-state index in [0.717, 1.165) is 11.1 Å².